The molecule has 18 heavy (non-hydrogen) atoms. The second-order valence-corrected chi connectivity index (χ2v) is 3.70. The summed E-state index contributed by atoms with van der Waals surface area (Å²) in [5.74, 6) is 0.107. The van der Waals surface area contributed by atoms with E-state index >= 15 is 0 Å². The molecule has 86 valence electrons. The van der Waals surface area contributed by atoms with Crippen molar-refractivity contribution >= 4 is 16.6 Å². The summed E-state index contributed by atoms with van der Waals surface area (Å²) >= 11 is 0. The zero-order valence-electron chi connectivity index (χ0n) is 9.28. The minimum Gasteiger partial charge on any atom is -0.396 e. The number of para-hydroxylation sites is 1. The van der Waals surface area contributed by atoms with E-state index in [9.17, 15) is 0 Å². The Morgan fingerprint density at radius 3 is 2.83 bits per heavy atom. The smallest absolute Gasteiger partial charge is 0.252 e. The zero-order chi connectivity index (χ0) is 12.5. The van der Waals surface area contributed by atoms with Crippen molar-refractivity contribution < 1.29 is 0 Å². The molecule has 6 heteroatoms. The van der Waals surface area contributed by atoms with E-state index in [0.29, 0.717) is 11.4 Å². The van der Waals surface area contributed by atoms with Crippen LogP contribution in [0.2, 0.25) is 0 Å². The molecule has 3 aromatic rings. The van der Waals surface area contributed by atoms with Gasteiger partial charge < -0.3 is 5.73 Å². The molecule has 0 spiro atoms. The van der Waals surface area contributed by atoms with Gasteiger partial charge in [0.2, 0.25) is 0 Å². The zero-order valence-corrected chi connectivity index (χ0v) is 9.28. The van der Waals surface area contributed by atoms with Crippen molar-refractivity contribution in [1.82, 2.24) is 19.7 Å². The Bertz CT molecular complexity index is 768. The predicted octanol–water partition coefficient (Wildman–Crippen LogP) is 1.27. The van der Waals surface area contributed by atoms with Gasteiger partial charge in [0, 0.05) is 5.39 Å². The van der Waals surface area contributed by atoms with Crippen molar-refractivity contribution in [2.24, 2.45) is 0 Å². The van der Waals surface area contributed by atoms with Crippen LogP contribution >= 0.6 is 0 Å². The van der Waals surface area contributed by atoms with Crippen LogP contribution < -0.4 is 5.73 Å². The normalized spacial score (nSPS) is 10.4. The lowest BCUT2D eigenvalue weighted by Crippen LogP contribution is -2.02. The van der Waals surface area contributed by atoms with Gasteiger partial charge in [-0.05, 0) is 6.07 Å². The molecule has 3 rings (SSSR count). The van der Waals surface area contributed by atoms with E-state index in [1.54, 1.807) is 6.20 Å². The molecule has 0 saturated carbocycles. The van der Waals surface area contributed by atoms with Gasteiger partial charge in [0.05, 0.1) is 17.4 Å². The van der Waals surface area contributed by atoms with E-state index in [1.807, 2.05) is 30.3 Å². The standard InChI is InChI=1S/C12H8N6/c13-5-11-16-7-18(17-11)12-8-3-1-2-4-10(8)15-6-9(12)14/h1-4,6-7H,14H2. The van der Waals surface area contributed by atoms with Gasteiger partial charge in [-0.15, -0.1) is 5.10 Å². The van der Waals surface area contributed by atoms with Gasteiger partial charge in [0.1, 0.15) is 18.1 Å². The molecule has 0 radical (unpaired) electrons. The maximum absolute atomic E-state index is 8.75. The van der Waals surface area contributed by atoms with Crippen molar-refractivity contribution in [3.05, 3.63) is 42.6 Å². The molecule has 2 aromatic heterocycles. The van der Waals surface area contributed by atoms with Gasteiger partial charge in [0.15, 0.2) is 0 Å². The molecule has 6 nitrogen and oxygen atoms in total. The molecule has 0 fully saturated rings. The molecule has 0 unspecified atom stereocenters. The Balaban J connectivity index is 2.34. The number of nitriles is 1. The molecule has 0 saturated heterocycles. The van der Waals surface area contributed by atoms with Crippen LogP contribution in [0.15, 0.2) is 36.8 Å². The van der Waals surface area contributed by atoms with Crippen molar-refractivity contribution in [2.45, 2.75) is 0 Å². The molecule has 2 N–H and O–H groups in total. The molecule has 0 atom stereocenters. The number of hydrogen-bond acceptors (Lipinski definition) is 5. The van der Waals surface area contributed by atoms with Crippen molar-refractivity contribution in [1.29, 1.82) is 5.26 Å². The molecular formula is C12H8N6. The molecular weight excluding hydrogens is 228 g/mol. The average molecular weight is 236 g/mol. The summed E-state index contributed by atoms with van der Waals surface area (Å²) in [4.78, 5) is 8.12. The minimum absolute atomic E-state index is 0.107. The molecule has 0 aliphatic heterocycles. The highest BCUT2D eigenvalue weighted by Gasteiger charge is 2.10. The van der Waals surface area contributed by atoms with Crippen molar-refractivity contribution in [3.63, 3.8) is 0 Å². The third kappa shape index (κ3) is 1.46. The Hall–Kier alpha value is -2.94. The number of nitrogens with zero attached hydrogens (tertiary/aromatic N) is 5. The number of aromatic nitrogens is 4. The summed E-state index contributed by atoms with van der Waals surface area (Å²) < 4.78 is 1.50. The molecule has 0 aliphatic rings. The summed E-state index contributed by atoms with van der Waals surface area (Å²) in [6.07, 6.45) is 3.04. The van der Waals surface area contributed by atoms with Crippen LogP contribution in [0.5, 0.6) is 0 Å². The van der Waals surface area contributed by atoms with Gasteiger partial charge in [-0.2, -0.15) is 5.26 Å². The summed E-state index contributed by atoms with van der Waals surface area (Å²) in [6.45, 7) is 0. The predicted molar refractivity (Wildman–Crippen MR) is 65.8 cm³/mol. The van der Waals surface area contributed by atoms with Gasteiger partial charge in [-0.25, -0.2) is 9.67 Å². The van der Waals surface area contributed by atoms with E-state index in [0.717, 1.165) is 10.9 Å². The van der Waals surface area contributed by atoms with E-state index in [4.69, 9.17) is 11.0 Å². The fraction of sp³-hybridized carbons (Fsp3) is 0. The summed E-state index contributed by atoms with van der Waals surface area (Å²) in [5.41, 5.74) is 7.93. The molecule has 0 aliphatic carbocycles. The first-order valence-electron chi connectivity index (χ1n) is 5.25. The van der Waals surface area contributed by atoms with Crippen molar-refractivity contribution in [2.75, 3.05) is 5.73 Å². The first-order valence-corrected chi connectivity index (χ1v) is 5.25. The minimum atomic E-state index is 0.107. The molecule has 0 bridgehead atoms. The highest BCUT2D eigenvalue weighted by atomic mass is 15.3. The molecule has 2 heterocycles. The second-order valence-electron chi connectivity index (χ2n) is 3.70. The number of fused-ring (bicyclic) bond motifs is 1. The van der Waals surface area contributed by atoms with Crippen LogP contribution in [0.3, 0.4) is 0 Å². The number of nitrogens with two attached hydrogens (primary N) is 1. The maximum atomic E-state index is 8.75. The third-order valence-electron chi connectivity index (χ3n) is 2.60. The van der Waals surface area contributed by atoms with Crippen LogP contribution in [0.25, 0.3) is 16.6 Å². The Morgan fingerprint density at radius 1 is 1.22 bits per heavy atom. The highest BCUT2D eigenvalue weighted by Crippen LogP contribution is 2.25. The van der Waals surface area contributed by atoms with E-state index in [2.05, 4.69) is 15.1 Å². The fourth-order valence-electron chi connectivity index (χ4n) is 1.82. The van der Waals surface area contributed by atoms with Gasteiger partial charge >= 0.3 is 0 Å². The molecule has 0 amide bonds. The Kier molecular flexibility index (Phi) is 2.17. The molecule has 1 aromatic carbocycles. The summed E-state index contributed by atoms with van der Waals surface area (Å²) in [5, 5.41) is 13.7. The van der Waals surface area contributed by atoms with Crippen molar-refractivity contribution in [3.8, 4) is 11.8 Å². The average Bonchev–Trinajstić information content (AvgIpc) is 2.87. The number of hydrogen-bond donors (Lipinski definition) is 1. The van der Waals surface area contributed by atoms with Gasteiger partial charge in [-0.1, -0.05) is 18.2 Å². The Morgan fingerprint density at radius 2 is 2.06 bits per heavy atom. The largest absolute Gasteiger partial charge is 0.396 e. The first kappa shape index (κ1) is 10.2. The highest BCUT2D eigenvalue weighted by molar-refractivity contribution is 5.91. The number of rotatable bonds is 1. The van der Waals surface area contributed by atoms with Crippen LogP contribution in [0.4, 0.5) is 5.69 Å². The number of nitrogen functional groups attached to an aromatic ring is 1. The summed E-state index contributed by atoms with van der Waals surface area (Å²) in [6, 6.07) is 9.48. The number of anilines is 1. The van der Waals surface area contributed by atoms with Crippen LogP contribution in [-0.2, 0) is 0 Å². The summed E-state index contributed by atoms with van der Waals surface area (Å²) in [7, 11) is 0. The van der Waals surface area contributed by atoms with Crippen LogP contribution in [0, 0.1) is 11.3 Å². The second kappa shape index (κ2) is 3.82. The lowest BCUT2D eigenvalue weighted by atomic mass is 10.1. The first-order chi connectivity index (χ1) is 8.79. The Labute approximate surface area is 102 Å². The monoisotopic (exact) mass is 236 g/mol. The van der Waals surface area contributed by atoms with E-state index in [1.165, 1.54) is 11.0 Å². The van der Waals surface area contributed by atoms with Crippen LogP contribution in [0.1, 0.15) is 5.82 Å². The lowest BCUT2D eigenvalue weighted by Gasteiger charge is -2.08. The number of benzene rings is 1. The SMILES string of the molecule is N#Cc1ncn(-c2c(N)cnc3ccccc23)n1. The fourth-order valence-corrected chi connectivity index (χ4v) is 1.82. The van der Waals surface area contributed by atoms with Gasteiger partial charge in [-0.3, -0.25) is 4.98 Å². The van der Waals surface area contributed by atoms with E-state index < -0.39 is 0 Å². The topological polar surface area (TPSA) is 93.4 Å². The number of pyridine rings is 1. The maximum Gasteiger partial charge on any atom is 0.252 e. The van der Waals surface area contributed by atoms with Crippen LogP contribution in [-0.4, -0.2) is 19.7 Å². The quantitative estimate of drug-likeness (QED) is 0.686. The third-order valence-corrected chi connectivity index (χ3v) is 2.60. The van der Waals surface area contributed by atoms with E-state index in [-0.39, 0.29) is 5.82 Å². The van der Waals surface area contributed by atoms with Gasteiger partial charge in [0.25, 0.3) is 5.82 Å². The lowest BCUT2D eigenvalue weighted by molar-refractivity contribution is 0.880.